The van der Waals surface area contributed by atoms with Gasteiger partial charge in [0.25, 0.3) is 0 Å². The predicted molar refractivity (Wildman–Crippen MR) is 52.2 cm³/mol. The van der Waals surface area contributed by atoms with Gasteiger partial charge in [0.05, 0.1) is 11.3 Å². The molecule has 0 aliphatic carbocycles. The van der Waals surface area contributed by atoms with Gasteiger partial charge in [-0.3, -0.25) is 9.97 Å². The van der Waals surface area contributed by atoms with Crippen molar-refractivity contribution >= 4 is 0 Å². The van der Waals surface area contributed by atoms with Gasteiger partial charge in [-0.2, -0.15) is 5.26 Å². The minimum Gasteiger partial charge on any atom is -0.255 e. The Labute approximate surface area is 81.7 Å². The standard InChI is InChI=1S/C11H7N3/c12-8-9-4-3-7-14-11(9)10-5-1-2-6-13-10/h1-7H. The highest BCUT2D eigenvalue weighted by molar-refractivity contribution is 5.62. The summed E-state index contributed by atoms with van der Waals surface area (Å²) in [6.07, 6.45) is 3.34. The summed E-state index contributed by atoms with van der Waals surface area (Å²) < 4.78 is 0. The van der Waals surface area contributed by atoms with Gasteiger partial charge in [-0.1, -0.05) is 6.07 Å². The van der Waals surface area contributed by atoms with E-state index in [4.69, 9.17) is 5.26 Å². The fourth-order valence-corrected chi connectivity index (χ4v) is 1.20. The molecular weight excluding hydrogens is 174 g/mol. The Morgan fingerprint density at radius 1 is 1.00 bits per heavy atom. The summed E-state index contributed by atoms with van der Waals surface area (Å²) in [4.78, 5) is 8.28. The molecule has 2 heterocycles. The molecule has 0 N–H and O–H groups in total. The summed E-state index contributed by atoms with van der Waals surface area (Å²) in [7, 11) is 0. The first-order valence-electron chi connectivity index (χ1n) is 4.18. The number of nitriles is 1. The van der Waals surface area contributed by atoms with Crippen LogP contribution in [0.1, 0.15) is 5.56 Å². The van der Waals surface area contributed by atoms with Gasteiger partial charge in [0.2, 0.25) is 0 Å². The van der Waals surface area contributed by atoms with Crippen LogP contribution in [0.2, 0.25) is 0 Å². The zero-order valence-corrected chi connectivity index (χ0v) is 7.38. The van der Waals surface area contributed by atoms with Gasteiger partial charge in [-0.15, -0.1) is 0 Å². The monoisotopic (exact) mass is 181 g/mol. The summed E-state index contributed by atoms with van der Waals surface area (Å²) in [5.74, 6) is 0. The van der Waals surface area contributed by atoms with E-state index < -0.39 is 0 Å². The van der Waals surface area contributed by atoms with E-state index in [-0.39, 0.29) is 0 Å². The summed E-state index contributed by atoms with van der Waals surface area (Å²) in [6, 6.07) is 11.1. The highest BCUT2D eigenvalue weighted by atomic mass is 14.8. The summed E-state index contributed by atoms with van der Waals surface area (Å²) in [5.41, 5.74) is 1.91. The minimum absolute atomic E-state index is 0.547. The lowest BCUT2D eigenvalue weighted by molar-refractivity contribution is 1.23. The lowest BCUT2D eigenvalue weighted by Gasteiger charge is -1.99. The van der Waals surface area contributed by atoms with Crippen molar-refractivity contribution in [2.75, 3.05) is 0 Å². The molecule has 2 aromatic heterocycles. The van der Waals surface area contributed by atoms with Gasteiger partial charge in [0.15, 0.2) is 0 Å². The lowest BCUT2D eigenvalue weighted by atomic mass is 10.1. The van der Waals surface area contributed by atoms with Crippen LogP contribution in [0, 0.1) is 11.3 Å². The van der Waals surface area contributed by atoms with Gasteiger partial charge < -0.3 is 0 Å². The Kier molecular flexibility index (Phi) is 2.20. The molecule has 0 aromatic carbocycles. The number of rotatable bonds is 1. The molecule has 2 rings (SSSR count). The second-order valence-electron chi connectivity index (χ2n) is 2.73. The molecule has 0 saturated heterocycles. The van der Waals surface area contributed by atoms with Crippen LogP contribution in [-0.4, -0.2) is 9.97 Å². The molecule has 66 valence electrons. The fraction of sp³-hybridized carbons (Fsp3) is 0. The first-order chi connectivity index (χ1) is 6.92. The number of pyridine rings is 2. The van der Waals surface area contributed by atoms with Gasteiger partial charge in [0.1, 0.15) is 11.8 Å². The quantitative estimate of drug-likeness (QED) is 0.676. The van der Waals surface area contributed by atoms with Crippen LogP contribution in [0.4, 0.5) is 0 Å². The molecular formula is C11H7N3. The van der Waals surface area contributed by atoms with Crippen LogP contribution in [-0.2, 0) is 0 Å². The van der Waals surface area contributed by atoms with E-state index in [1.54, 1.807) is 24.5 Å². The highest BCUT2D eigenvalue weighted by Gasteiger charge is 2.04. The SMILES string of the molecule is N#Cc1cccnc1-c1ccccn1. The van der Waals surface area contributed by atoms with Crippen molar-refractivity contribution in [1.82, 2.24) is 9.97 Å². The average Bonchev–Trinajstić information content (AvgIpc) is 2.30. The van der Waals surface area contributed by atoms with Crippen molar-refractivity contribution in [3.8, 4) is 17.5 Å². The second-order valence-corrected chi connectivity index (χ2v) is 2.73. The van der Waals surface area contributed by atoms with E-state index in [0.717, 1.165) is 5.69 Å². The van der Waals surface area contributed by atoms with E-state index in [9.17, 15) is 0 Å². The summed E-state index contributed by atoms with van der Waals surface area (Å²) >= 11 is 0. The van der Waals surface area contributed by atoms with Gasteiger partial charge in [-0.05, 0) is 24.3 Å². The maximum absolute atomic E-state index is 8.86. The Hall–Kier alpha value is -2.21. The first-order valence-corrected chi connectivity index (χ1v) is 4.18. The Bertz CT molecular complexity index is 471. The van der Waals surface area contributed by atoms with Crippen molar-refractivity contribution < 1.29 is 0 Å². The maximum atomic E-state index is 8.86. The molecule has 0 atom stereocenters. The predicted octanol–water partition coefficient (Wildman–Crippen LogP) is 2.02. The summed E-state index contributed by atoms with van der Waals surface area (Å²) in [5, 5.41) is 8.86. The van der Waals surface area contributed by atoms with Crippen molar-refractivity contribution in [3.63, 3.8) is 0 Å². The number of hydrogen-bond acceptors (Lipinski definition) is 3. The van der Waals surface area contributed by atoms with Crippen LogP contribution >= 0.6 is 0 Å². The largest absolute Gasteiger partial charge is 0.255 e. The average molecular weight is 181 g/mol. The lowest BCUT2D eigenvalue weighted by Crippen LogP contribution is -1.89. The fourth-order valence-electron chi connectivity index (χ4n) is 1.20. The smallest absolute Gasteiger partial charge is 0.106 e. The minimum atomic E-state index is 0.547. The molecule has 3 heteroatoms. The molecule has 2 aromatic rings. The molecule has 0 aliphatic rings. The van der Waals surface area contributed by atoms with Gasteiger partial charge in [-0.25, -0.2) is 0 Å². The van der Waals surface area contributed by atoms with Crippen molar-refractivity contribution in [3.05, 3.63) is 48.3 Å². The van der Waals surface area contributed by atoms with Crippen molar-refractivity contribution in [2.45, 2.75) is 0 Å². The van der Waals surface area contributed by atoms with E-state index in [1.807, 2.05) is 18.2 Å². The van der Waals surface area contributed by atoms with Crippen LogP contribution < -0.4 is 0 Å². The topological polar surface area (TPSA) is 49.6 Å². The normalized spacial score (nSPS) is 9.36. The molecule has 0 amide bonds. The molecule has 0 saturated carbocycles. The Morgan fingerprint density at radius 3 is 2.57 bits per heavy atom. The van der Waals surface area contributed by atoms with Crippen LogP contribution in [0.3, 0.4) is 0 Å². The van der Waals surface area contributed by atoms with Crippen molar-refractivity contribution in [1.29, 1.82) is 5.26 Å². The molecule has 0 unspecified atom stereocenters. The van der Waals surface area contributed by atoms with Gasteiger partial charge >= 0.3 is 0 Å². The van der Waals surface area contributed by atoms with Crippen LogP contribution in [0.15, 0.2) is 42.7 Å². The molecule has 0 spiro atoms. The maximum Gasteiger partial charge on any atom is 0.106 e. The third-order valence-corrected chi connectivity index (χ3v) is 1.84. The molecule has 14 heavy (non-hydrogen) atoms. The van der Waals surface area contributed by atoms with Crippen LogP contribution in [0.25, 0.3) is 11.4 Å². The number of aromatic nitrogens is 2. The molecule has 0 aliphatic heterocycles. The third-order valence-electron chi connectivity index (χ3n) is 1.84. The Balaban J connectivity index is 2.58. The third kappa shape index (κ3) is 1.46. The molecule has 3 nitrogen and oxygen atoms in total. The molecule has 0 fully saturated rings. The number of nitrogens with zero attached hydrogens (tertiary/aromatic N) is 3. The zero-order chi connectivity index (χ0) is 9.80. The number of hydrogen-bond donors (Lipinski definition) is 0. The molecule has 0 radical (unpaired) electrons. The second kappa shape index (κ2) is 3.67. The molecule has 0 bridgehead atoms. The van der Waals surface area contributed by atoms with E-state index in [2.05, 4.69) is 16.0 Å². The van der Waals surface area contributed by atoms with Gasteiger partial charge in [0, 0.05) is 12.4 Å². The summed E-state index contributed by atoms with van der Waals surface area (Å²) in [6.45, 7) is 0. The van der Waals surface area contributed by atoms with Crippen LogP contribution in [0.5, 0.6) is 0 Å². The van der Waals surface area contributed by atoms with E-state index in [1.165, 1.54) is 0 Å². The Morgan fingerprint density at radius 2 is 1.86 bits per heavy atom. The zero-order valence-electron chi connectivity index (χ0n) is 7.38. The first kappa shape index (κ1) is 8.39. The van der Waals surface area contributed by atoms with E-state index >= 15 is 0 Å². The van der Waals surface area contributed by atoms with E-state index in [0.29, 0.717) is 11.3 Å². The highest BCUT2D eigenvalue weighted by Crippen LogP contribution is 2.16. The van der Waals surface area contributed by atoms with Crippen molar-refractivity contribution in [2.24, 2.45) is 0 Å².